The van der Waals surface area contributed by atoms with Crippen molar-refractivity contribution in [2.75, 3.05) is 14.2 Å². The van der Waals surface area contributed by atoms with Gasteiger partial charge in [-0.15, -0.1) is 10.2 Å². The lowest BCUT2D eigenvalue weighted by Crippen LogP contribution is -2.12. The Morgan fingerprint density at radius 3 is 2.00 bits per heavy atom. The highest BCUT2D eigenvalue weighted by Crippen LogP contribution is 2.31. The summed E-state index contributed by atoms with van der Waals surface area (Å²) in [5, 5.41) is 8.51. The fraction of sp³-hybridized carbons (Fsp3) is 0.433. The van der Waals surface area contributed by atoms with Gasteiger partial charge in [0.25, 0.3) is 0 Å². The zero-order valence-electron chi connectivity index (χ0n) is 24.9. The maximum absolute atomic E-state index is 5.50. The summed E-state index contributed by atoms with van der Waals surface area (Å²) in [5.41, 5.74) is 4.05. The summed E-state index contributed by atoms with van der Waals surface area (Å²) in [6.07, 6.45) is 7.16. The number of para-hydroxylation sites is 1. The van der Waals surface area contributed by atoms with Gasteiger partial charge in [-0.1, -0.05) is 53.7 Å². The van der Waals surface area contributed by atoms with Gasteiger partial charge in [-0.3, -0.25) is 9.55 Å². The summed E-state index contributed by atoms with van der Waals surface area (Å²) in [6.45, 7) is 18.1. The second-order valence-electron chi connectivity index (χ2n) is 8.29. The third-order valence-electron chi connectivity index (χ3n) is 5.30. The van der Waals surface area contributed by atoms with Crippen LogP contribution in [-0.4, -0.2) is 43.9 Å². The van der Waals surface area contributed by atoms with Crippen LogP contribution in [0.15, 0.2) is 55.1 Å². The smallest absolute Gasteiger partial charge is 0.170 e. The van der Waals surface area contributed by atoms with Crippen molar-refractivity contribution in [1.29, 1.82) is 0 Å². The molecule has 206 valence electrons. The van der Waals surface area contributed by atoms with E-state index in [2.05, 4.69) is 39.0 Å². The predicted octanol–water partition coefficient (Wildman–Crippen LogP) is 7.14. The second kappa shape index (κ2) is 17.0. The average molecular weight is 521 g/mol. The Labute approximate surface area is 228 Å². The van der Waals surface area contributed by atoms with E-state index in [1.54, 1.807) is 26.6 Å². The molecule has 4 aromatic rings. The minimum atomic E-state index is 0.000556. The molecule has 0 aliphatic rings. The van der Waals surface area contributed by atoms with Gasteiger partial charge < -0.3 is 9.47 Å². The van der Waals surface area contributed by atoms with Crippen molar-refractivity contribution < 1.29 is 9.47 Å². The van der Waals surface area contributed by atoms with Gasteiger partial charge in [0.15, 0.2) is 11.6 Å². The molecule has 0 saturated carbocycles. The Hall–Kier alpha value is -3.65. The number of aryl methyl sites for hydroxylation is 3. The maximum atomic E-state index is 5.50. The van der Waals surface area contributed by atoms with Crippen molar-refractivity contribution in [3.63, 3.8) is 0 Å². The molecule has 0 unspecified atom stereocenters. The number of ether oxygens (including phenoxy) is 2. The lowest BCUT2D eigenvalue weighted by molar-refractivity contribution is 0.0574. The molecule has 4 rings (SSSR count). The second-order valence-corrected chi connectivity index (χ2v) is 8.29. The van der Waals surface area contributed by atoms with Gasteiger partial charge in [0.1, 0.15) is 17.7 Å². The molecule has 0 spiro atoms. The quantitative estimate of drug-likeness (QED) is 0.267. The molecule has 0 aliphatic heterocycles. The average Bonchev–Trinajstić information content (AvgIpc) is 3.33. The van der Waals surface area contributed by atoms with Crippen molar-refractivity contribution in [2.24, 2.45) is 5.92 Å². The minimum Gasteiger partial charge on any atom is -0.495 e. The van der Waals surface area contributed by atoms with Crippen LogP contribution in [0.25, 0.3) is 17.1 Å². The first-order valence-corrected chi connectivity index (χ1v) is 13.1. The first kappa shape index (κ1) is 32.4. The largest absolute Gasteiger partial charge is 0.495 e. The molecule has 0 saturated heterocycles. The summed E-state index contributed by atoms with van der Waals surface area (Å²) in [5.74, 6) is 3.52. The Bertz CT molecular complexity index is 1190. The van der Waals surface area contributed by atoms with Gasteiger partial charge >= 0.3 is 0 Å². The first-order valence-electron chi connectivity index (χ1n) is 13.1. The number of nitrogens with zero attached hydrogens (tertiary/aromatic N) is 6. The number of rotatable bonds is 6. The Balaban J connectivity index is 0.000000366. The van der Waals surface area contributed by atoms with E-state index in [1.165, 1.54) is 0 Å². The van der Waals surface area contributed by atoms with Crippen molar-refractivity contribution in [3.8, 4) is 22.8 Å². The van der Waals surface area contributed by atoms with Gasteiger partial charge in [0.05, 0.1) is 12.8 Å². The zero-order chi connectivity index (χ0) is 28.7. The molecule has 0 bridgehead atoms. The molecule has 1 atom stereocenters. The van der Waals surface area contributed by atoms with Gasteiger partial charge in [-0.2, -0.15) is 0 Å². The van der Waals surface area contributed by atoms with E-state index in [0.717, 1.165) is 45.6 Å². The standard InChI is InChI=1S/C16H16N4O.C10H16N2O.2C2H6/c1-11-6-4-8-14(21-3)15(11)20-12(2)18-19-16(20)13-7-5-9-17-10-13;1-7(2)9(13-4)10-11-5-8(3)6-12-10;2*1-2/h4-10H,1-3H3;5-7,9H,1-4H3;2*1-2H3/t;9-;;/m.0../s1. The van der Waals surface area contributed by atoms with E-state index in [1.807, 2.05) is 95.8 Å². The van der Waals surface area contributed by atoms with E-state index >= 15 is 0 Å². The third kappa shape index (κ3) is 8.45. The van der Waals surface area contributed by atoms with Crippen LogP contribution < -0.4 is 4.74 Å². The molecule has 0 N–H and O–H groups in total. The molecular weight excluding hydrogens is 476 g/mol. The number of benzene rings is 1. The van der Waals surface area contributed by atoms with Crippen molar-refractivity contribution in [3.05, 3.63) is 77.9 Å². The van der Waals surface area contributed by atoms with Crippen LogP contribution in [0.2, 0.25) is 0 Å². The fourth-order valence-electron chi connectivity index (χ4n) is 3.62. The lowest BCUT2D eigenvalue weighted by atomic mass is 10.1. The van der Waals surface area contributed by atoms with Gasteiger partial charge in [0.2, 0.25) is 0 Å². The van der Waals surface area contributed by atoms with Crippen molar-refractivity contribution in [1.82, 2.24) is 29.7 Å². The minimum absolute atomic E-state index is 0.000556. The number of pyridine rings is 1. The number of methoxy groups -OCH3 is 2. The number of hydrogen-bond donors (Lipinski definition) is 0. The molecule has 8 nitrogen and oxygen atoms in total. The fourth-order valence-corrected chi connectivity index (χ4v) is 3.62. The highest BCUT2D eigenvalue weighted by Gasteiger charge is 2.18. The molecule has 0 radical (unpaired) electrons. The Kier molecular flexibility index (Phi) is 14.5. The monoisotopic (exact) mass is 520 g/mol. The van der Waals surface area contributed by atoms with Crippen LogP contribution in [0.3, 0.4) is 0 Å². The third-order valence-corrected chi connectivity index (χ3v) is 5.30. The maximum Gasteiger partial charge on any atom is 0.170 e. The summed E-state index contributed by atoms with van der Waals surface area (Å²) in [6, 6.07) is 9.82. The Morgan fingerprint density at radius 2 is 1.47 bits per heavy atom. The molecule has 8 heteroatoms. The van der Waals surface area contributed by atoms with E-state index in [-0.39, 0.29) is 6.10 Å². The van der Waals surface area contributed by atoms with E-state index in [9.17, 15) is 0 Å². The molecule has 3 aromatic heterocycles. The lowest BCUT2D eigenvalue weighted by Gasteiger charge is -2.17. The Morgan fingerprint density at radius 1 is 0.816 bits per heavy atom. The van der Waals surface area contributed by atoms with E-state index in [4.69, 9.17) is 9.47 Å². The van der Waals surface area contributed by atoms with Crippen molar-refractivity contribution >= 4 is 0 Å². The summed E-state index contributed by atoms with van der Waals surface area (Å²) in [7, 11) is 3.36. The van der Waals surface area contributed by atoms with Gasteiger partial charge in [0, 0.05) is 37.5 Å². The summed E-state index contributed by atoms with van der Waals surface area (Å²) in [4.78, 5) is 12.6. The highest BCUT2D eigenvalue weighted by atomic mass is 16.5. The van der Waals surface area contributed by atoms with Crippen LogP contribution in [-0.2, 0) is 4.74 Å². The van der Waals surface area contributed by atoms with E-state index in [0.29, 0.717) is 5.92 Å². The highest BCUT2D eigenvalue weighted by molar-refractivity contribution is 5.62. The molecular formula is C30H44N6O2. The number of aromatic nitrogens is 6. The van der Waals surface area contributed by atoms with Gasteiger partial charge in [-0.25, -0.2) is 9.97 Å². The SMILES string of the molecule is CC.CC.CO[C@H](c1ncc(C)cn1)C(C)C.COc1cccc(C)c1-n1c(C)nnc1-c1cccnc1. The predicted molar refractivity (Wildman–Crippen MR) is 155 cm³/mol. The molecule has 0 aliphatic carbocycles. The molecule has 3 heterocycles. The normalized spacial score (nSPS) is 10.7. The summed E-state index contributed by atoms with van der Waals surface area (Å²) < 4.78 is 12.8. The van der Waals surface area contributed by atoms with Crippen LogP contribution in [0.5, 0.6) is 5.75 Å². The van der Waals surface area contributed by atoms with Crippen LogP contribution in [0, 0.1) is 26.7 Å². The topological polar surface area (TPSA) is 87.8 Å². The first-order chi connectivity index (χ1) is 18.4. The van der Waals surface area contributed by atoms with Crippen LogP contribution >= 0.6 is 0 Å². The molecule has 0 amide bonds. The van der Waals surface area contributed by atoms with Crippen LogP contribution in [0.4, 0.5) is 0 Å². The summed E-state index contributed by atoms with van der Waals surface area (Å²) >= 11 is 0. The zero-order valence-corrected chi connectivity index (χ0v) is 24.9. The molecule has 38 heavy (non-hydrogen) atoms. The van der Waals surface area contributed by atoms with E-state index < -0.39 is 0 Å². The number of hydrogen-bond acceptors (Lipinski definition) is 7. The van der Waals surface area contributed by atoms with Crippen molar-refractivity contribution in [2.45, 2.75) is 68.4 Å². The molecule has 0 fully saturated rings. The molecule has 1 aromatic carbocycles. The van der Waals surface area contributed by atoms with Gasteiger partial charge in [-0.05, 0) is 56.0 Å². The van der Waals surface area contributed by atoms with Crippen LogP contribution in [0.1, 0.15) is 70.4 Å².